The Kier molecular flexibility index (Phi) is 3.41. The van der Waals surface area contributed by atoms with Crippen molar-refractivity contribution in [2.75, 3.05) is 18.1 Å². The molecular formula is C12H16N2O2. The third kappa shape index (κ3) is 2.33. The molecule has 4 nitrogen and oxygen atoms in total. The summed E-state index contributed by atoms with van der Waals surface area (Å²) in [7, 11) is 0. The van der Waals surface area contributed by atoms with Crippen LogP contribution in [0.25, 0.3) is 0 Å². The van der Waals surface area contributed by atoms with Gasteiger partial charge in [-0.15, -0.1) is 0 Å². The second-order valence-electron chi connectivity index (χ2n) is 3.94. The monoisotopic (exact) mass is 220 g/mol. The van der Waals surface area contributed by atoms with Crippen LogP contribution in [-0.2, 0) is 0 Å². The van der Waals surface area contributed by atoms with Crippen LogP contribution in [0.3, 0.4) is 0 Å². The lowest BCUT2D eigenvalue weighted by Crippen LogP contribution is -2.38. The fraction of sp³-hybridized carbons (Fsp3) is 0.417. The fourth-order valence-corrected chi connectivity index (χ4v) is 1.96. The summed E-state index contributed by atoms with van der Waals surface area (Å²) in [5, 5.41) is 11.1. The third-order valence-electron chi connectivity index (χ3n) is 2.79. The highest BCUT2D eigenvalue weighted by Gasteiger charge is 2.16. The second kappa shape index (κ2) is 4.99. The molecule has 1 fully saturated rings. The molecule has 0 aromatic heterocycles. The van der Waals surface area contributed by atoms with Gasteiger partial charge in [0.2, 0.25) is 0 Å². The molecule has 0 amide bonds. The summed E-state index contributed by atoms with van der Waals surface area (Å²) < 4.78 is 0. The van der Waals surface area contributed by atoms with Gasteiger partial charge >= 0.3 is 5.97 Å². The molecular weight excluding hydrogens is 204 g/mol. The van der Waals surface area contributed by atoms with Crippen molar-refractivity contribution in [3.63, 3.8) is 0 Å². The van der Waals surface area contributed by atoms with Gasteiger partial charge in [0.15, 0.2) is 0 Å². The Hall–Kier alpha value is -1.55. The molecule has 1 aromatic rings. The minimum absolute atomic E-state index is 0.358. The lowest BCUT2D eigenvalue weighted by atomic mass is 10.1. The van der Waals surface area contributed by atoms with Crippen LogP contribution in [0.2, 0.25) is 0 Å². The van der Waals surface area contributed by atoms with Gasteiger partial charge in [-0.25, -0.2) is 10.2 Å². The lowest BCUT2D eigenvalue weighted by Gasteiger charge is -2.24. The van der Waals surface area contributed by atoms with E-state index in [1.54, 1.807) is 12.1 Å². The summed E-state index contributed by atoms with van der Waals surface area (Å²) in [6, 6.07) is 7.12. The highest BCUT2D eigenvalue weighted by molar-refractivity contribution is 5.94. The van der Waals surface area contributed by atoms with Crippen LogP contribution in [0, 0.1) is 0 Å². The van der Waals surface area contributed by atoms with Crippen LogP contribution in [-0.4, -0.2) is 24.2 Å². The Balaban J connectivity index is 2.27. The predicted molar refractivity (Wildman–Crippen MR) is 62.6 cm³/mol. The van der Waals surface area contributed by atoms with Crippen molar-refractivity contribution in [2.24, 2.45) is 0 Å². The topological polar surface area (TPSA) is 52.6 Å². The van der Waals surface area contributed by atoms with E-state index in [2.05, 4.69) is 5.43 Å². The molecule has 1 heterocycles. The first-order chi connectivity index (χ1) is 7.79. The van der Waals surface area contributed by atoms with Crippen molar-refractivity contribution in [1.29, 1.82) is 0 Å². The maximum Gasteiger partial charge on any atom is 0.337 e. The number of rotatable bonds is 2. The van der Waals surface area contributed by atoms with Gasteiger partial charge in [-0.3, -0.25) is 0 Å². The Morgan fingerprint density at radius 3 is 2.88 bits per heavy atom. The molecule has 1 aliphatic rings. The first kappa shape index (κ1) is 11.0. The SMILES string of the molecule is O=C(O)c1ccccc1N1CCCCCN1. The quantitative estimate of drug-likeness (QED) is 0.799. The van der Waals surface area contributed by atoms with E-state index in [4.69, 9.17) is 5.11 Å². The van der Waals surface area contributed by atoms with E-state index in [0.29, 0.717) is 5.56 Å². The molecule has 1 saturated heterocycles. The summed E-state index contributed by atoms with van der Waals surface area (Å²) in [4.78, 5) is 11.1. The van der Waals surface area contributed by atoms with E-state index in [1.165, 1.54) is 6.42 Å². The molecule has 0 saturated carbocycles. The summed E-state index contributed by atoms with van der Waals surface area (Å²) in [5.41, 5.74) is 4.38. The van der Waals surface area contributed by atoms with Crippen LogP contribution in [0.15, 0.2) is 24.3 Å². The fourth-order valence-electron chi connectivity index (χ4n) is 1.96. The Morgan fingerprint density at radius 1 is 1.25 bits per heavy atom. The van der Waals surface area contributed by atoms with Gasteiger partial charge in [0, 0.05) is 13.1 Å². The van der Waals surface area contributed by atoms with E-state index in [-0.39, 0.29) is 0 Å². The number of hydrazine groups is 1. The number of aromatic carboxylic acids is 1. The number of nitrogens with one attached hydrogen (secondary N) is 1. The zero-order valence-electron chi connectivity index (χ0n) is 9.15. The number of benzene rings is 1. The molecule has 2 N–H and O–H groups in total. The summed E-state index contributed by atoms with van der Waals surface area (Å²) in [5.74, 6) is -0.873. The van der Waals surface area contributed by atoms with Crippen LogP contribution < -0.4 is 10.4 Å². The van der Waals surface area contributed by atoms with Crippen molar-refractivity contribution in [2.45, 2.75) is 19.3 Å². The first-order valence-corrected chi connectivity index (χ1v) is 5.62. The number of carbonyl (C=O) groups is 1. The van der Waals surface area contributed by atoms with Crippen LogP contribution in [0.5, 0.6) is 0 Å². The molecule has 0 radical (unpaired) electrons. The lowest BCUT2D eigenvalue weighted by molar-refractivity contribution is 0.0697. The first-order valence-electron chi connectivity index (χ1n) is 5.62. The average Bonchev–Trinajstić information content (AvgIpc) is 2.57. The Morgan fingerprint density at radius 2 is 2.06 bits per heavy atom. The van der Waals surface area contributed by atoms with Crippen molar-refractivity contribution in [1.82, 2.24) is 5.43 Å². The molecule has 4 heteroatoms. The third-order valence-corrected chi connectivity index (χ3v) is 2.79. The van der Waals surface area contributed by atoms with E-state index in [9.17, 15) is 4.79 Å². The van der Waals surface area contributed by atoms with Gasteiger partial charge in [-0.05, 0) is 25.0 Å². The normalized spacial score (nSPS) is 16.9. The van der Waals surface area contributed by atoms with Crippen molar-refractivity contribution >= 4 is 11.7 Å². The van der Waals surface area contributed by atoms with Gasteiger partial charge in [-0.2, -0.15) is 0 Å². The molecule has 2 rings (SSSR count). The van der Waals surface area contributed by atoms with Crippen molar-refractivity contribution in [3.8, 4) is 0 Å². The smallest absolute Gasteiger partial charge is 0.337 e. The molecule has 1 aliphatic heterocycles. The van der Waals surface area contributed by atoms with Crippen LogP contribution >= 0.6 is 0 Å². The average molecular weight is 220 g/mol. The highest BCUT2D eigenvalue weighted by atomic mass is 16.4. The zero-order valence-corrected chi connectivity index (χ0v) is 9.15. The minimum atomic E-state index is -0.873. The van der Waals surface area contributed by atoms with E-state index in [0.717, 1.165) is 31.6 Å². The highest BCUT2D eigenvalue weighted by Crippen LogP contribution is 2.20. The summed E-state index contributed by atoms with van der Waals surface area (Å²) in [6.07, 6.45) is 3.44. The predicted octanol–water partition coefficient (Wildman–Crippen LogP) is 1.88. The summed E-state index contributed by atoms with van der Waals surface area (Å²) in [6.45, 7) is 1.78. The molecule has 16 heavy (non-hydrogen) atoms. The van der Waals surface area contributed by atoms with E-state index in [1.807, 2.05) is 17.1 Å². The molecule has 0 aliphatic carbocycles. The van der Waals surface area contributed by atoms with Gasteiger partial charge in [-0.1, -0.05) is 18.6 Å². The van der Waals surface area contributed by atoms with Gasteiger partial charge in [0.05, 0.1) is 11.3 Å². The summed E-state index contributed by atoms with van der Waals surface area (Å²) >= 11 is 0. The second-order valence-corrected chi connectivity index (χ2v) is 3.94. The maximum absolute atomic E-state index is 11.1. The molecule has 0 atom stereocenters. The minimum Gasteiger partial charge on any atom is -0.478 e. The van der Waals surface area contributed by atoms with Gasteiger partial charge in [0.25, 0.3) is 0 Å². The number of carboxylic acid groups (broad SMARTS) is 1. The van der Waals surface area contributed by atoms with Gasteiger partial charge < -0.3 is 10.1 Å². The maximum atomic E-state index is 11.1. The molecule has 0 bridgehead atoms. The Labute approximate surface area is 94.9 Å². The van der Waals surface area contributed by atoms with E-state index >= 15 is 0 Å². The number of hydrogen-bond donors (Lipinski definition) is 2. The number of carboxylic acids is 1. The van der Waals surface area contributed by atoms with Crippen molar-refractivity contribution in [3.05, 3.63) is 29.8 Å². The van der Waals surface area contributed by atoms with Crippen LogP contribution in [0.1, 0.15) is 29.6 Å². The van der Waals surface area contributed by atoms with Crippen LogP contribution in [0.4, 0.5) is 5.69 Å². The van der Waals surface area contributed by atoms with E-state index < -0.39 is 5.97 Å². The standard InChI is InChI=1S/C12H16N2O2/c15-12(16)10-6-2-3-7-11(10)14-9-5-1-4-8-13-14/h2-3,6-7,13H,1,4-5,8-9H2,(H,15,16). The number of hydrogen-bond acceptors (Lipinski definition) is 3. The van der Waals surface area contributed by atoms with Gasteiger partial charge in [0.1, 0.15) is 0 Å². The number of nitrogens with zero attached hydrogens (tertiary/aromatic N) is 1. The Bertz CT molecular complexity index is 371. The number of para-hydroxylation sites is 1. The molecule has 86 valence electrons. The molecule has 1 aromatic carbocycles. The largest absolute Gasteiger partial charge is 0.478 e. The van der Waals surface area contributed by atoms with Crippen molar-refractivity contribution < 1.29 is 9.90 Å². The molecule has 0 unspecified atom stereocenters. The molecule has 0 spiro atoms. The number of anilines is 1. The zero-order chi connectivity index (χ0) is 11.4.